The predicted octanol–water partition coefficient (Wildman–Crippen LogP) is 4.04. The van der Waals surface area contributed by atoms with Crippen LogP contribution in [0.3, 0.4) is 0 Å². The molecule has 0 aliphatic heterocycles. The molecular weight excluding hydrogens is 618 g/mol. The number of nitriles is 2. The number of nitrogens with zero attached hydrogens (tertiary/aromatic N) is 9. The van der Waals surface area contributed by atoms with Crippen molar-refractivity contribution >= 4 is 27.7 Å². The fourth-order valence-corrected chi connectivity index (χ4v) is 5.70. The first kappa shape index (κ1) is 35.3. The first-order chi connectivity index (χ1) is 22.8. The average molecular weight is 662 g/mol. The van der Waals surface area contributed by atoms with Crippen molar-refractivity contribution in [2.24, 2.45) is 24.3 Å². The van der Waals surface area contributed by atoms with Crippen LogP contribution in [0.2, 0.25) is 0 Å². The quantitative estimate of drug-likeness (QED) is 0.0843. The van der Waals surface area contributed by atoms with Crippen molar-refractivity contribution in [3.8, 4) is 17.9 Å². The minimum Gasteiger partial charge on any atom is -0.495 e. The van der Waals surface area contributed by atoms with E-state index in [9.17, 15) is 10.5 Å². The van der Waals surface area contributed by atoms with E-state index in [0.29, 0.717) is 85.2 Å². The number of anilines is 1. The van der Waals surface area contributed by atoms with E-state index in [4.69, 9.17) is 18.9 Å². The van der Waals surface area contributed by atoms with Crippen LogP contribution in [0.4, 0.5) is 16.4 Å². The summed E-state index contributed by atoms with van der Waals surface area (Å²) in [4.78, 5) is 2.64. The molecule has 3 aromatic heterocycles. The smallest absolute Gasteiger partial charge is 0.243 e. The Kier molecular flexibility index (Phi) is 13.4. The highest BCUT2D eigenvalue weighted by Gasteiger charge is 2.17. The van der Waals surface area contributed by atoms with Crippen LogP contribution in [-0.4, -0.2) is 69.0 Å². The first-order valence-electron chi connectivity index (χ1n) is 15.4. The Labute approximate surface area is 280 Å². The SMILES string of the molecule is COc1cc(N=Nc2sc(C#N)c(C)c2C#N)c(C)cc1N(CCOCCOCCn1cc[n+](C)c1)CCOCCn1cc[n+](C)c1. The molecule has 248 valence electrons. The summed E-state index contributed by atoms with van der Waals surface area (Å²) in [6, 6.07) is 8.12. The Hall–Kier alpha value is -4.60. The number of hydrogen-bond acceptors (Lipinski definition) is 10. The van der Waals surface area contributed by atoms with Crippen LogP contribution >= 0.6 is 11.3 Å². The number of ether oxygens (including phenoxy) is 4. The second-order valence-electron chi connectivity index (χ2n) is 10.9. The molecular formula is C33H43N9O4S+2. The van der Waals surface area contributed by atoms with Crippen molar-refractivity contribution in [3.05, 3.63) is 71.1 Å². The predicted molar refractivity (Wildman–Crippen MR) is 176 cm³/mol. The standard InChI is InChI=1S/C33H43N9O4S/c1-26-20-30(31(43-5)21-29(26)36-37-33-28(22-34)27(2)32(23-35)47-33)42(12-16-44-14-10-40-8-6-38(3)24-40)13-17-46-19-18-45-15-11-41-9-7-39(4)25-41/h6-9,20-21,24-25H,10-19H2,1-5H3/q+2. The van der Waals surface area contributed by atoms with E-state index in [1.54, 1.807) is 14.0 Å². The third-order valence-electron chi connectivity index (χ3n) is 7.45. The molecule has 0 saturated carbocycles. The van der Waals surface area contributed by atoms with E-state index < -0.39 is 0 Å². The van der Waals surface area contributed by atoms with Gasteiger partial charge in [-0.05, 0) is 31.0 Å². The van der Waals surface area contributed by atoms with Gasteiger partial charge in [0, 0.05) is 19.2 Å². The second-order valence-corrected chi connectivity index (χ2v) is 11.9. The lowest BCUT2D eigenvalue weighted by Gasteiger charge is -2.27. The van der Waals surface area contributed by atoms with Crippen LogP contribution in [0.1, 0.15) is 21.6 Å². The number of aryl methyl sites for hydroxylation is 3. The van der Waals surface area contributed by atoms with Crippen molar-refractivity contribution in [1.82, 2.24) is 9.13 Å². The summed E-state index contributed by atoms with van der Waals surface area (Å²) in [5, 5.41) is 28.1. The van der Waals surface area contributed by atoms with Crippen LogP contribution < -0.4 is 18.8 Å². The Bertz CT molecular complexity index is 1710. The first-order valence-corrected chi connectivity index (χ1v) is 16.2. The van der Waals surface area contributed by atoms with Gasteiger partial charge < -0.3 is 23.8 Å². The third-order valence-corrected chi connectivity index (χ3v) is 8.53. The maximum Gasteiger partial charge on any atom is 0.243 e. The minimum atomic E-state index is 0.369. The Balaban J connectivity index is 1.38. The summed E-state index contributed by atoms with van der Waals surface area (Å²) < 4.78 is 31.7. The molecule has 3 heterocycles. The van der Waals surface area contributed by atoms with E-state index in [-0.39, 0.29) is 0 Å². The van der Waals surface area contributed by atoms with Crippen molar-refractivity contribution in [3.63, 3.8) is 0 Å². The number of methoxy groups -OCH3 is 1. The summed E-state index contributed by atoms with van der Waals surface area (Å²) in [6.45, 7) is 9.74. The summed E-state index contributed by atoms with van der Waals surface area (Å²) in [5.74, 6) is 0.631. The van der Waals surface area contributed by atoms with Crippen molar-refractivity contribution in [2.45, 2.75) is 26.9 Å². The van der Waals surface area contributed by atoms with Crippen LogP contribution in [0.5, 0.6) is 5.75 Å². The molecule has 0 N–H and O–H groups in total. The molecule has 13 nitrogen and oxygen atoms in total. The fraction of sp³-hybridized carbons (Fsp3) is 0.455. The molecule has 1 aromatic carbocycles. The number of hydrogen-bond donors (Lipinski definition) is 0. The number of imidazole rings is 2. The topological polar surface area (TPSA) is 130 Å². The maximum atomic E-state index is 9.58. The number of aromatic nitrogens is 4. The summed E-state index contributed by atoms with van der Waals surface area (Å²) in [7, 11) is 5.61. The molecule has 0 spiro atoms. The zero-order valence-electron chi connectivity index (χ0n) is 27.8. The molecule has 0 aliphatic rings. The van der Waals surface area contributed by atoms with Gasteiger partial charge in [0.1, 0.15) is 60.6 Å². The molecule has 47 heavy (non-hydrogen) atoms. The monoisotopic (exact) mass is 661 g/mol. The summed E-state index contributed by atoms with van der Waals surface area (Å²) in [5.41, 5.74) is 3.37. The number of azo groups is 1. The van der Waals surface area contributed by atoms with Gasteiger partial charge in [0.25, 0.3) is 0 Å². The van der Waals surface area contributed by atoms with Crippen LogP contribution in [0, 0.1) is 36.5 Å². The van der Waals surface area contributed by atoms with Crippen LogP contribution in [0.25, 0.3) is 0 Å². The average Bonchev–Trinajstić information content (AvgIpc) is 3.77. The highest BCUT2D eigenvalue weighted by atomic mass is 32.1. The molecule has 0 fully saturated rings. The number of rotatable bonds is 19. The lowest BCUT2D eigenvalue weighted by molar-refractivity contribution is -0.671. The highest BCUT2D eigenvalue weighted by Crippen LogP contribution is 2.38. The minimum absolute atomic E-state index is 0.369. The highest BCUT2D eigenvalue weighted by molar-refractivity contribution is 7.16. The van der Waals surface area contributed by atoms with Gasteiger partial charge >= 0.3 is 0 Å². The van der Waals surface area contributed by atoms with Crippen molar-refractivity contribution < 1.29 is 28.1 Å². The molecule has 14 heteroatoms. The largest absolute Gasteiger partial charge is 0.495 e. The summed E-state index contributed by atoms with van der Waals surface area (Å²) >= 11 is 1.16. The van der Waals surface area contributed by atoms with Gasteiger partial charge in [-0.15, -0.1) is 21.6 Å². The van der Waals surface area contributed by atoms with E-state index in [1.807, 2.05) is 79.7 Å². The van der Waals surface area contributed by atoms with Crippen molar-refractivity contribution in [2.75, 3.05) is 64.7 Å². The van der Waals surface area contributed by atoms with E-state index in [2.05, 4.69) is 36.4 Å². The molecule has 0 unspecified atom stereocenters. The van der Waals surface area contributed by atoms with Crippen LogP contribution in [0.15, 0.2) is 59.8 Å². The Morgan fingerprint density at radius 2 is 1.43 bits per heavy atom. The molecule has 0 atom stereocenters. The molecule has 0 amide bonds. The van der Waals surface area contributed by atoms with Gasteiger partial charge in [0.05, 0.1) is 77.8 Å². The van der Waals surface area contributed by atoms with Gasteiger partial charge in [0.2, 0.25) is 12.7 Å². The Morgan fingerprint density at radius 1 is 0.830 bits per heavy atom. The number of thiophene rings is 1. The lowest BCUT2D eigenvalue weighted by atomic mass is 10.1. The van der Waals surface area contributed by atoms with E-state index in [1.165, 1.54) is 0 Å². The van der Waals surface area contributed by atoms with Crippen molar-refractivity contribution in [1.29, 1.82) is 10.5 Å². The van der Waals surface area contributed by atoms with Gasteiger partial charge in [-0.25, -0.2) is 18.3 Å². The van der Waals surface area contributed by atoms with E-state index in [0.717, 1.165) is 35.7 Å². The molecule has 4 rings (SSSR count). The van der Waals surface area contributed by atoms with Gasteiger partial charge in [-0.3, -0.25) is 0 Å². The molecule has 0 bridgehead atoms. The van der Waals surface area contributed by atoms with Gasteiger partial charge in [0.15, 0.2) is 5.00 Å². The lowest BCUT2D eigenvalue weighted by Crippen LogP contribution is -2.32. The fourth-order valence-electron chi connectivity index (χ4n) is 4.82. The zero-order chi connectivity index (χ0) is 33.6. The number of benzene rings is 1. The Morgan fingerprint density at radius 3 is 1.96 bits per heavy atom. The summed E-state index contributed by atoms with van der Waals surface area (Å²) in [6.07, 6.45) is 12.1. The third kappa shape index (κ3) is 10.2. The molecule has 4 aromatic rings. The zero-order valence-corrected chi connectivity index (χ0v) is 28.6. The molecule has 0 saturated heterocycles. The molecule has 0 aliphatic carbocycles. The van der Waals surface area contributed by atoms with Gasteiger partial charge in [-0.2, -0.15) is 10.5 Å². The maximum absolute atomic E-state index is 9.58. The normalized spacial score (nSPS) is 11.2. The van der Waals surface area contributed by atoms with Gasteiger partial charge in [-0.1, -0.05) is 0 Å². The second kappa shape index (κ2) is 17.9. The van der Waals surface area contributed by atoms with E-state index >= 15 is 0 Å². The molecule has 0 radical (unpaired) electrons. The van der Waals surface area contributed by atoms with Crippen LogP contribution in [-0.2, 0) is 41.4 Å².